The van der Waals surface area contributed by atoms with Gasteiger partial charge >= 0.3 is 0 Å². The molecule has 0 spiro atoms. The fourth-order valence-corrected chi connectivity index (χ4v) is 17.2. The summed E-state index contributed by atoms with van der Waals surface area (Å²) in [6.07, 6.45) is 21.3. The molecule has 1 aliphatic carbocycles. The first kappa shape index (κ1) is 82.3. The van der Waals surface area contributed by atoms with Gasteiger partial charge in [-0.2, -0.15) is 18.3 Å². The number of hydrogen-bond acceptors (Lipinski definition) is 8. The van der Waals surface area contributed by atoms with Crippen LogP contribution in [0, 0.1) is 95.4 Å². The lowest BCUT2D eigenvalue weighted by Crippen LogP contribution is -2.32. The molecule has 0 saturated heterocycles. The van der Waals surface area contributed by atoms with Crippen LogP contribution in [0.15, 0.2) is 219 Å². The van der Waals surface area contributed by atoms with Gasteiger partial charge in [0, 0.05) is 143 Å². The second-order valence-corrected chi connectivity index (χ2v) is 34.5. The van der Waals surface area contributed by atoms with Crippen LogP contribution in [-0.2, 0) is 34.6 Å². The van der Waals surface area contributed by atoms with Crippen LogP contribution in [0.3, 0.4) is 0 Å². The van der Waals surface area contributed by atoms with Crippen LogP contribution in [0.2, 0.25) is 0 Å². The van der Waals surface area contributed by atoms with Gasteiger partial charge in [-0.05, 0) is 218 Å². The van der Waals surface area contributed by atoms with Gasteiger partial charge in [0.25, 0.3) is 0 Å². The number of hydrogen-bond donors (Lipinski definition) is 0. The van der Waals surface area contributed by atoms with Crippen molar-refractivity contribution in [2.24, 2.45) is 33.6 Å². The van der Waals surface area contributed by atoms with Gasteiger partial charge in [0.1, 0.15) is 39.8 Å². The summed E-state index contributed by atoms with van der Waals surface area (Å²) in [4.78, 5) is 37.1. The topological polar surface area (TPSA) is 119 Å². The summed E-state index contributed by atoms with van der Waals surface area (Å²) >= 11 is 0. The van der Waals surface area contributed by atoms with E-state index >= 15 is 0 Å². The summed E-state index contributed by atoms with van der Waals surface area (Å²) in [5.41, 5.74) is 41.4. The number of pyridine rings is 4. The molecule has 1 fully saturated rings. The van der Waals surface area contributed by atoms with E-state index in [1.165, 1.54) is 192 Å². The minimum atomic E-state index is 0.178. The average Bonchev–Trinajstić information content (AvgIpc) is 0.801. The fraction of sp³-hybridized carbons (Fsp3) is 0.283. The molecule has 0 unspecified atom stereocenters. The Hall–Kier alpha value is -12.3. The highest BCUT2D eigenvalue weighted by atomic mass is 15.0. The lowest BCUT2D eigenvalue weighted by molar-refractivity contribution is -0.633. The van der Waals surface area contributed by atoms with Gasteiger partial charge in [-0.3, -0.25) is 19.9 Å². The van der Waals surface area contributed by atoms with Crippen LogP contribution in [0.5, 0.6) is 0 Å². The molecule has 0 radical (unpaired) electrons. The Kier molecular flexibility index (Phi) is 24.0. The number of nitrogens with zero attached hydrogens (tertiary/aromatic N) is 12. The molecule has 8 aromatic carbocycles. The molecule has 8 heterocycles. The maximum atomic E-state index is 4.74. The molecule has 12 heteroatoms. The maximum absolute atomic E-state index is 4.74. The van der Waals surface area contributed by atoms with E-state index in [0.29, 0.717) is 11.8 Å². The first-order valence-electron chi connectivity index (χ1n) is 41.7. The molecule has 0 aliphatic heterocycles. The standard InChI is InChI=1S/C28H30N3.C28H32N3.C26H28N3.C24H24N3/c1-18-14-19(2)20(3)25(15-18)27-13-12-24-23(10-7-11-26(24)31(27)4)22-16-29-28(30-17-22)21-8-5-6-9-21;1-18-13-19(2)20(3)24(14-18)26-12-11-23-22(9-8-10-25(23)31(26)7)21-16-29-27(30-17-21)15-28(4,5)6;1-16(2)23-14-28-24(15-27-23)20-8-7-9-25-21(20)10-11-26(29(25)6)22-13-17(3)12-18(4)19(22)5;1-15-11-16(2)18(4)21(12-15)24-10-9-20-19(7-6-8-23(20)27(24)5)22-14-25-17(3)13-26-22/h7,10-17,21H,5-6,8-9H2,1-4H3;8-14,16-17H,15H2,1-7H3;7-16H,1-6H3;6-14H,1-5H3/q4*+1. The summed E-state index contributed by atoms with van der Waals surface area (Å²) < 4.78 is 9.18. The Balaban J connectivity index is 0.000000129. The van der Waals surface area contributed by atoms with E-state index in [9.17, 15) is 0 Å². The van der Waals surface area contributed by atoms with Gasteiger partial charge in [0.2, 0.25) is 44.8 Å². The summed E-state index contributed by atoms with van der Waals surface area (Å²) in [5.74, 6) is 2.84. The van der Waals surface area contributed by atoms with Crippen LogP contribution in [0.25, 0.3) is 133 Å². The molecule has 8 aromatic heterocycles. The van der Waals surface area contributed by atoms with Gasteiger partial charge in [-0.25, -0.2) is 19.9 Å². The van der Waals surface area contributed by atoms with E-state index in [0.717, 1.165) is 63.1 Å². The number of aromatic nitrogens is 12. The normalized spacial score (nSPS) is 12.3. The third-order valence-electron chi connectivity index (χ3n) is 24.2. The molecule has 0 atom stereocenters. The average molecular weight is 1560 g/mol. The third-order valence-corrected chi connectivity index (χ3v) is 24.2. The van der Waals surface area contributed by atoms with Crippen molar-refractivity contribution in [3.05, 3.63) is 309 Å². The Labute approximate surface area is 698 Å². The van der Waals surface area contributed by atoms with E-state index in [4.69, 9.17) is 15.0 Å². The van der Waals surface area contributed by atoms with Crippen molar-refractivity contribution in [2.75, 3.05) is 0 Å². The molecular weight excluding hydrogens is 1440 g/mol. The van der Waals surface area contributed by atoms with Crippen LogP contribution in [-0.4, -0.2) is 39.9 Å². The largest absolute Gasteiger partial charge is 0.258 e. The maximum Gasteiger partial charge on any atom is 0.213 e. The number of fused-ring (bicyclic) bond motifs is 4. The SMILES string of the molecule is Cc1cc(C)c(C)c(-c2ccc3c(-c4cnc(C(C)C)cn4)cccc3[n+]2C)c1.Cc1cc(C)c(C)c(-c2ccc3c(-c4cnc(C)cn4)cccc3[n+]2C)c1.Cc1cc(C)c(C)c(-c2ccc3c(-c4cnc(C5CCCC5)nc4)cccc3[n+]2C)c1.Cc1cc(C)c(C)c(-c2ccc3c(-c4cnc(CC(C)(C)C)nc4)cccc3[n+]2C)c1. The van der Waals surface area contributed by atoms with Gasteiger partial charge in [-0.15, -0.1) is 0 Å². The van der Waals surface area contributed by atoms with Gasteiger partial charge < -0.3 is 0 Å². The molecule has 118 heavy (non-hydrogen) atoms. The Morgan fingerprint density at radius 1 is 0.331 bits per heavy atom. The van der Waals surface area contributed by atoms with Crippen molar-refractivity contribution in [2.45, 2.75) is 169 Å². The van der Waals surface area contributed by atoms with E-state index in [1.807, 2.05) is 56.5 Å². The van der Waals surface area contributed by atoms with Crippen molar-refractivity contribution < 1.29 is 18.3 Å². The van der Waals surface area contributed by atoms with E-state index in [-0.39, 0.29) is 5.41 Å². The van der Waals surface area contributed by atoms with Crippen molar-refractivity contribution in [3.63, 3.8) is 0 Å². The zero-order valence-electron chi connectivity index (χ0n) is 73.3. The number of aryl methyl sites for hydroxylation is 13. The molecule has 0 bridgehead atoms. The molecule has 594 valence electrons. The van der Waals surface area contributed by atoms with E-state index in [2.05, 4.69) is 359 Å². The minimum absolute atomic E-state index is 0.178. The highest BCUT2D eigenvalue weighted by Gasteiger charge is 2.27. The fourth-order valence-electron chi connectivity index (χ4n) is 17.2. The van der Waals surface area contributed by atoms with Gasteiger partial charge in [-0.1, -0.05) is 143 Å². The van der Waals surface area contributed by atoms with Crippen LogP contribution in [0.4, 0.5) is 0 Å². The lowest BCUT2D eigenvalue weighted by atomic mass is 9.92. The first-order valence-corrected chi connectivity index (χ1v) is 41.7. The Bertz CT molecular complexity index is 6470. The van der Waals surface area contributed by atoms with Crippen LogP contribution >= 0.6 is 0 Å². The predicted molar refractivity (Wildman–Crippen MR) is 486 cm³/mol. The minimum Gasteiger partial charge on any atom is -0.258 e. The molecule has 12 nitrogen and oxygen atoms in total. The van der Waals surface area contributed by atoms with Crippen LogP contribution < -0.4 is 18.3 Å². The molecular formula is C106H114N12+4. The Morgan fingerprint density at radius 3 is 0.966 bits per heavy atom. The van der Waals surface area contributed by atoms with Crippen LogP contribution in [0.1, 0.15) is 162 Å². The molecule has 0 amide bonds. The zero-order valence-corrected chi connectivity index (χ0v) is 73.3. The van der Waals surface area contributed by atoms with Crippen molar-refractivity contribution in [1.82, 2.24) is 39.9 Å². The van der Waals surface area contributed by atoms with Gasteiger partial charge in [0.05, 0.1) is 56.7 Å². The highest BCUT2D eigenvalue weighted by Crippen LogP contribution is 2.38. The number of rotatable bonds is 11. The number of benzene rings is 8. The monoisotopic (exact) mass is 1550 g/mol. The molecule has 16 aromatic rings. The third kappa shape index (κ3) is 17.3. The lowest BCUT2D eigenvalue weighted by Gasteiger charge is -2.16. The predicted octanol–water partition coefficient (Wildman–Crippen LogP) is 23.5. The first-order chi connectivity index (χ1) is 56.5. The summed E-state index contributed by atoms with van der Waals surface area (Å²) in [7, 11) is 8.60. The Morgan fingerprint density at radius 2 is 0.653 bits per heavy atom. The quantitative estimate of drug-likeness (QED) is 0.118. The molecule has 0 N–H and O–H groups in total. The van der Waals surface area contributed by atoms with Gasteiger partial charge in [0.15, 0.2) is 0 Å². The second-order valence-electron chi connectivity index (χ2n) is 34.5. The van der Waals surface area contributed by atoms with Crippen molar-refractivity contribution >= 4 is 43.6 Å². The molecule has 1 aliphatic rings. The van der Waals surface area contributed by atoms with Crippen molar-refractivity contribution in [3.8, 4) is 89.8 Å². The van der Waals surface area contributed by atoms with E-state index < -0.39 is 0 Å². The molecule has 1 saturated carbocycles. The smallest absolute Gasteiger partial charge is 0.213 e. The van der Waals surface area contributed by atoms with Crippen molar-refractivity contribution in [1.29, 1.82) is 0 Å². The molecule has 17 rings (SSSR count). The summed E-state index contributed by atoms with van der Waals surface area (Å²) in [6, 6.07) is 61.8. The van der Waals surface area contributed by atoms with E-state index in [1.54, 1.807) is 0 Å². The zero-order chi connectivity index (χ0) is 83.7. The highest BCUT2D eigenvalue weighted by molar-refractivity contribution is 5.96. The summed E-state index contributed by atoms with van der Waals surface area (Å²) in [5, 5.41) is 4.81. The summed E-state index contributed by atoms with van der Waals surface area (Å²) in [6.45, 7) is 39.1. The second kappa shape index (κ2) is 34.5.